The number of nitrogens with zero attached hydrogens (tertiary/aromatic N) is 1. The van der Waals surface area contributed by atoms with E-state index in [-0.39, 0.29) is 28.0 Å². The van der Waals surface area contributed by atoms with E-state index in [0.717, 1.165) is 19.3 Å². The van der Waals surface area contributed by atoms with E-state index >= 15 is 0 Å². The van der Waals surface area contributed by atoms with Crippen LogP contribution in [-0.4, -0.2) is 43.5 Å². The lowest BCUT2D eigenvalue weighted by Crippen LogP contribution is -2.49. The molecule has 1 aliphatic rings. The number of hydrogen-bond donors (Lipinski definition) is 2. The van der Waals surface area contributed by atoms with Gasteiger partial charge in [-0.15, -0.1) is 11.3 Å². The predicted molar refractivity (Wildman–Crippen MR) is 114 cm³/mol. The first-order chi connectivity index (χ1) is 12.1. The molecule has 1 aliphatic heterocycles. The molecule has 1 saturated heterocycles. The maximum Gasteiger partial charge on any atom is 0.407 e. The van der Waals surface area contributed by atoms with Gasteiger partial charge < -0.3 is 14.6 Å². The Morgan fingerprint density at radius 3 is 2.33 bits per heavy atom. The van der Waals surface area contributed by atoms with Gasteiger partial charge in [-0.25, -0.2) is 4.79 Å². The third-order valence-electron chi connectivity index (χ3n) is 5.68. The van der Waals surface area contributed by atoms with E-state index in [1.54, 1.807) is 4.90 Å². The monoisotopic (exact) mass is 400 g/mol. The Morgan fingerprint density at radius 1 is 1.37 bits per heavy atom. The maximum absolute atomic E-state index is 12.5. The fraction of sp³-hybridized carbons (Fsp3) is 0.857. The number of rotatable bonds is 7. The van der Waals surface area contributed by atoms with Gasteiger partial charge in [0.25, 0.3) is 0 Å². The smallest absolute Gasteiger partial charge is 0.407 e. The lowest BCUT2D eigenvalue weighted by molar-refractivity contribution is 0.0632. The van der Waals surface area contributed by atoms with Gasteiger partial charge in [0, 0.05) is 23.4 Å². The molecule has 0 aromatic rings. The summed E-state index contributed by atoms with van der Waals surface area (Å²) in [6.45, 7) is 21.0. The summed E-state index contributed by atoms with van der Waals surface area (Å²) in [4.78, 5) is 13.4. The molecule has 0 saturated carbocycles. The molecule has 3 unspecified atom stereocenters. The molecule has 0 aromatic heterocycles. The number of likely N-dealkylation sites (tertiary alicyclic amines) is 1. The topological polar surface area (TPSA) is 75.6 Å². The van der Waals surface area contributed by atoms with Gasteiger partial charge in [0.05, 0.1) is 6.04 Å². The van der Waals surface area contributed by atoms with Crippen molar-refractivity contribution in [2.75, 3.05) is 6.54 Å². The minimum atomic E-state index is -1.13. The molecule has 0 radical (unpaired) electrons. The first-order valence-electron chi connectivity index (χ1n) is 9.91. The molecule has 1 fully saturated rings. The number of carboxylic acid groups (broad SMARTS) is 1. The molecule has 4 atom stereocenters. The normalized spacial score (nSPS) is 25.3. The molecule has 1 rings (SSSR count). The van der Waals surface area contributed by atoms with Crippen LogP contribution in [0, 0.1) is 17.3 Å². The largest absolute Gasteiger partial charge is 0.598 e. The molecule has 1 amide bonds. The van der Waals surface area contributed by atoms with Crippen molar-refractivity contribution in [2.24, 2.45) is 17.3 Å². The maximum atomic E-state index is 12.5. The van der Waals surface area contributed by atoms with Crippen LogP contribution in [0.15, 0.2) is 12.7 Å². The third-order valence-corrected chi connectivity index (χ3v) is 7.34. The highest BCUT2D eigenvalue weighted by molar-refractivity contribution is 7.90. The van der Waals surface area contributed by atoms with E-state index < -0.39 is 23.0 Å². The van der Waals surface area contributed by atoms with Crippen molar-refractivity contribution in [3.63, 3.8) is 0 Å². The fourth-order valence-corrected chi connectivity index (χ4v) is 5.71. The molecule has 158 valence electrons. The second-order valence-corrected chi connectivity index (χ2v) is 12.4. The van der Waals surface area contributed by atoms with Crippen LogP contribution in [0.1, 0.15) is 74.7 Å². The SMILES string of the molecule is C=CCC(CC[C@@H]1CN(C(=O)O)C(C)(C)C1C(C)(C)C)N[S+]([O-])C(C)(C)C. The molecule has 27 heavy (non-hydrogen) atoms. The zero-order valence-corrected chi connectivity index (χ0v) is 19.3. The van der Waals surface area contributed by atoms with Gasteiger partial charge in [-0.3, -0.25) is 0 Å². The lowest BCUT2D eigenvalue weighted by Gasteiger charge is -2.42. The molecular weight excluding hydrogens is 360 g/mol. The quantitative estimate of drug-likeness (QED) is 0.475. The van der Waals surface area contributed by atoms with Crippen LogP contribution in [-0.2, 0) is 11.4 Å². The number of carbonyl (C=O) groups is 1. The summed E-state index contributed by atoms with van der Waals surface area (Å²) < 4.78 is 15.4. The average Bonchev–Trinajstić information content (AvgIpc) is 2.74. The molecule has 6 heteroatoms. The van der Waals surface area contributed by atoms with Crippen LogP contribution in [0.2, 0.25) is 0 Å². The fourth-order valence-electron chi connectivity index (χ4n) is 4.84. The summed E-state index contributed by atoms with van der Waals surface area (Å²) in [5.74, 6) is 0.548. The van der Waals surface area contributed by atoms with Gasteiger partial charge in [0.15, 0.2) is 0 Å². The van der Waals surface area contributed by atoms with Crippen LogP contribution in [0.3, 0.4) is 0 Å². The number of hydrogen-bond acceptors (Lipinski definition) is 3. The summed E-state index contributed by atoms with van der Waals surface area (Å²) in [5.41, 5.74) is -0.391. The number of amides is 1. The Hall–Kier alpha value is -0.720. The second-order valence-electron chi connectivity index (χ2n) is 10.4. The lowest BCUT2D eigenvalue weighted by atomic mass is 9.65. The van der Waals surface area contributed by atoms with E-state index in [2.05, 4.69) is 32.1 Å². The third kappa shape index (κ3) is 6.13. The van der Waals surface area contributed by atoms with Crippen molar-refractivity contribution >= 4 is 17.5 Å². The molecule has 0 bridgehead atoms. The standard InChI is InChI=1S/C21H40N2O3S/c1-10-11-16(22-27(26)20(5,6)7)13-12-15-14-23(18(24)25)21(8,9)17(15)19(2,3)4/h10,15-17,22H,1,11-14H2,2-9H3,(H,24,25)/t15-,16?,17?,27?/m1/s1. The summed E-state index contributed by atoms with van der Waals surface area (Å²) in [7, 11) is 0. The van der Waals surface area contributed by atoms with Crippen LogP contribution in [0.25, 0.3) is 0 Å². The first-order valence-corrected chi connectivity index (χ1v) is 11.1. The molecule has 0 spiro atoms. The zero-order chi connectivity index (χ0) is 21.2. The number of nitrogens with one attached hydrogen (secondary N) is 1. The van der Waals surface area contributed by atoms with Crippen molar-refractivity contribution in [1.82, 2.24) is 9.62 Å². The highest BCUT2D eigenvalue weighted by atomic mass is 32.2. The van der Waals surface area contributed by atoms with Crippen LogP contribution in [0.4, 0.5) is 4.79 Å². The average molecular weight is 401 g/mol. The van der Waals surface area contributed by atoms with E-state index in [4.69, 9.17) is 0 Å². The molecule has 0 aliphatic carbocycles. The molecule has 2 N–H and O–H groups in total. The van der Waals surface area contributed by atoms with Crippen LogP contribution < -0.4 is 4.72 Å². The van der Waals surface area contributed by atoms with Crippen molar-refractivity contribution in [3.8, 4) is 0 Å². The molecule has 1 heterocycles. The van der Waals surface area contributed by atoms with Gasteiger partial charge in [0.1, 0.15) is 4.75 Å². The van der Waals surface area contributed by atoms with Crippen molar-refractivity contribution in [3.05, 3.63) is 12.7 Å². The van der Waals surface area contributed by atoms with Gasteiger partial charge in [-0.05, 0) is 71.1 Å². The molecular formula is C21H40N2O3S. The van der Waals surface area contributed by atoms with E-state index in [9.17, 15) is 14.5 Å². The van der Waals surface area contributed by atoms with Crippen LogP contribution in [0.5, 0.6) is 0 Å². The van der Waals surface area contributed by atoms with Crippen molar-refractivity contribution in [2.45, 2.75) is 91.0 Å². The van der Waals surface area contributed by atoms with Gasteiger partial charge >= 0.3 is 6.09 Å². The predicted octanol–water partition coefficient (Wildman–Crippen LogP) is 4.81. The second kappa shape index (κ2) is 8.75. The Labute approximate surface area is 169 Å². The summed E-state index contributed by atoms with van der Waals surface area (Å²) in [6, 6.07) is 0.0881. The van der Waals surface area contributed by atoms with Gasteiger partial charge in [0.2, 0.25) is 0 Å². The Morgan fingerprint density at radius 2 is 1.93 bits per heavy atom. The van der Waals surface area contributed by atoms with Crippen LogP contribution >= 0.6 is 0 Å². The molecule has 5 nitrogen and oxygen atoms in total. The minimum absolute atomic E-state index is 0.00789. The zero-order valence-electron chi connectivity index (χ0n) is 18.5. The van der Waals surface area contributed by atoms with Gasteiger partial charge in [-0.1, -0.05) is 26.8 Å². The summed E-state index contributed by atoms with van der Waals surface area (Å²) in [6.07, 6.45) is 3.53. The first kappa shape index (κ1) is 24.3. The summed E-state index contributed by atoms with van der Waals surface area (Å²) >= 11 is -1.13. The molecule has 0 aromatic carbocycles. The Balaban J connectivity index is 2.92. The van der Waals surface area contributed by atoms with Gasteiger partial charge in [-0.2, -0.15) is 0 Å². The summed E-state index contributed by atoms with van der Waals surface area (Å²) in [5, 5.41) is 9.68. The highest BCUT2D eigenvalue weighted by Gasteiger charge is 2.53. The highest BCUT2D eigenvalue weighted by Crippen LogP contribution is 2.49. The van der Waals surface area contributed by atoms with Crippen molar-refractivity contribution in [1.29, 1.82) is 0 Å². The van der Waals surface area contributed by atoms with E-state index in [1.165, 1.54) is 0 Å². The Bertz CT molecular complexity index is 523. The van der Waals surface area contributed by atoms with E-state index in [1.807, 2.05) is 40.7 Å². The Kier molecular flexibility index (Phi) is 7.88. The minimum Gasteiger partial charge on any atom is -0.598 e. The van der Waals surface area contributed by atoms with Crippen molar-refractivity contribution < 1.29 is 14.5 Å². The van der Waals surface area contributed by atoms with E-state index in [0.29, 0.717) is 6.54 Å².